The van der Waals surface area contributed by atoms with Gasteiger partial charge in [-0.15, -0.1) is 0 Å². The highest BCUT2D eigenvalue weighted by molar-refractivity contribution is 9.09. The van der Waals surface area contributed by atoms with Crippen LogP contribution in [0.25, 0.3) is 0 Å². The van der Waals surface area contributed by atoms with Crippen molar-refractivity contribution in [3.8, 4) is 0 Å². The van der Waals surface area contributed by atoms with E-state index in [2.05, 4.69) is 62.2 Å². The van der Waals surface area contributed by atoms with Gasteiger partial charge < -0.3 is 0 Å². The summed E-state index contributed by atoms with van der Waals surface area (Å²) >= 11 is 7.00. The lowest BCUT2D eigenvalue weighted by molar-refractivity contribution is 0.657. The summed E-state index contributed by atoms with van der Waals surface area (Å²) in [5.41, 5.74) is 1.46. The SMILES string of the molecule is BrCCC(CCBr)c1ccccc1. The monoisotopic (exact) mass is 304 g/mol. The highest BCUT2D eigenvalue weighted by atomic mass is 79.9. The summed E-state index contributed by atoms with van der Waals surface area (Å²) < 4.78 is 0. The van der Waals surface area contributed by atoms with Gasteiger partial charge in [0.15, 0.2) is 0 Å². The van der Waals surface area contributed by atoms with Crippen molar-refractivity contribution in [1.82, 2.24) is 0 Å². The van der Waals surface area contributed by atoms with Crippen molar-refractivity contribution < 1.29 is 0 Å². The second-order valence-electron chi connectivity index (χ2n) is 3.06. The maximum atomic E-state index is 3.50. The molecule has 0 fully saturated rings. The molecule has 1 rings (SSSR count). The Bertz CT molecular complexity index is 215. The molecule has 1 aromatic carbocycles. The van der Waals surface area contributed by atoms with Crippen LogP contribution in [-0.2, 0) is 0 Å². The van der Waals surface area contributed by atoms with E-state index in [1.165, 1.54) is 18.4 Å². The fourth-order valence-electron chi connectivity index (χ4n) is 1.47. The third kappa shape index (κ3) is 3.82. The molecular weight excluding hydrogens is 292 g/mol. The lowest BCUT2D eigenvalue weighted by Crippen LogP contribution is -2.00. The molecule has 0 saturated heterocycles. The number of alkyl halides is 2. The smallest absolute Gasteiger partial charge is 0.00371 e. The van der Waals surface area contributed by atoms with E-state index >= 15 is 0 Å². The first kappa shape index (κ1) is 11.3. The average Bonchev–Trinajstić information content (AvgIpc) is 2.19. The number of hydrogen-bond acceptors (Lipinski definition) is 0. The molecule has 72 valence electrons. The summed E-state index contributed by atoms with van der Waals surface area (Å²) in [5.74, 6) is 0.694. The Morgan fingerprint density at radius 1 is 0.923 bits per heavy atom. The Labute approximate surface area is 97.0 Å². The molecule has 0 aliphatic rings. The van der Waals surface area contributed by atoms with Crippen LogP contribution in [0.1, 0.15) is 24.3 Å². The summed E-state index contributed by atoms with van der Waals surface area (Å²) in [4.78, 5) is 0. The van der Waals surface area contributed by atoms with Gasteiger partial charge in [0, 0.05) is 10.7 Å². The molecule has 13 heavy (non-hydrogen) atoms. The van der Waals surface area contributed by atoms with E-state index in [0.29, 0.717) is 5.92 Å². The zero-order chi connectivity index (χ0) is 9.52. The third-order valence-electron chi connectivity index (χ3n) is 2.19. The fourth-order valence-corrected chi connectivity index (χ4v) is 2.57. The molecule has 0 aliphatic heterocycles. The minimum atomic E-state index is 0.694. The molecule has 1 aromatic rings. The third-order valence-corrected chi connectivity index (χ3v) is 3.10. The molecule has 2 heteroatoms. The molecule has 0 atom stereocenters. The number of hydrogen-bond donors (Lipinski definition) is 0. The molecule has 0 aliphatic carbocycles. The molecule has 0 nitrogen and oxygen atoms in total. The second-order valence-corrected chi connectivity index (χ2v) is 4.65. The van der Waals surface area contributed by atoms with Gasteiger partial charge in [0.1, 0.15) is 0 Å². The Morgan fingerprint density at radius 2 is 1.46 bits per heavy atom. The van der Waals surface area contributed by atoms with Crippen molar-refractivity contribution in [2.45, 2.75) is 18.8 Å². The van der Waals surface area contributed by atoms with Gasteiger partial charge in [0.05, 0.1) is 0 Å². The summed E-state index contributed by atoms with van der Waals surface area (Å²) in [6, 6.07) is 10.7. The molecule has 0 N–H and O–H groups in total. The van der Waals surface area contributed by atoms with Crippen LogP contribution in [0.5, 0.6) is 0 Å². The Balaban J connectivity index is 2.64. The molecule has 0 radical (unpaired) electrons. The molecular formula is C11H14Br2. The predicted molar refractivity (Wildman–Crippen MR) is 66.0 cm³/mol. The van der Waals surface area contributed by atoms with E-state index < -0.39 is 0 Å². The minimum Gasteiger partial charge on any atom is -0.0928 e. The van der Waals surface area contributed by atoms with Gasteiger partial charge in [-0.1, -0.05) is 62.2 Å². The first-order valence-electron chi connectivity index (χ1n) is 4.55. The van der Waals surface area contributed by atoms with Gasteiger partial charge in [0.2, 0.25) is 0 Å². The summed E-state index contributed by atoms with van der Waals surface area (Å²) in [7, 11) is 0. The lowest BCUT2D eigenvalue weighted by atomic mass is 9.94. The zero-order valence-electron chi connectivity index (χ0n) is 7.55. The molecule has 0 unspecified atom stereocenters. The van der Waals surface area contributed by atoms with Gasteiger partial charge in [0.25, 0.3) is 0 Å². The van der Waals surface area contributed by atoms with Crippen LogP contribution in [0.3, 0.4) is 0 Å². The lowest BCUT2D eigenvalue weighted by Gasteiger charge is -2.14. The van der Waals surface area contributed by atoms with Crippen molar-refractivity contribution in [2.24, 2.45) is 0 Å². The second kappa shape index (κ2) is 6.61. The molecule has 0 spiro atoms. The van der Waals surface area contributed by atoms with Gasteiger partial charge >= 0.3 is 0 Å². The van der Waals surface area contributed by atoms with Crippen LogP contribution in [0, 0.1) is 0 Å². The standard InChI is InChI=1S/C11H14Br2/c12-8-6-11(7-9-13)10-4-2-1-3-5-10/h1-5,11H,6-9H2. The number of benzene rings is 1. The van der Waals surface area contributed by atoms with Crippen LogP contribution in [0.15, 0.2) is 30.3 Å². The molecule has 0 bridgehead atoms. The largest absolute Gasteiger partial charge is 0.0928 e. The minimum absolute atomic E-state index is 0.694. The van der Waals surface area contributed by atoms with Crippen molar-refractivity contribution in [3.05, 3.63) is 35.9 Å². The van der Waals surface area contributed by atoms with E-state index in [0.717, 1.165) is 10.7 Å². The van der Waals surface area contributed by atoms with Gasteiger partial charge in [-0.2, -0.15) is 0 Å². The molecule has 0 heterocycles. The molecule has 0 aromatic heterocycles. The normalized spacial score (nSPS) is 10.7. The van der Waals surface area contributed by atoms with E-state index in [9.17, 15) is 0 Å². The van der Waals surface area contributed by atoms with Crippen molar-refractivity contribution in [2.75, 3.05) is 10.7 Å². The number of halogens is 2. The van der Waals surface area contributed by atoms with E-state index in [4.69, 9.17) is 0 Å². The fraction of sp³-hybridized carbons (Fsp3) is 0.455. The summed E-state index contributed by atoms with van der Waals surface area (Å²) in [5, 5.41) is 2.17. The Morgan fingerprint density at radius 3 is 1.92 bits per heavy atom. The topological polar surface area (TPSA) is 0 Å². The van der Waals surface area contributed by atoms with Crippen LogP contribution >= 0.6 is 31.9 Å². The van der Waals surface area contributed by atoms with Crippen LogP contribution in [-0.4, -0.2) is 10.7 Å². The number of rotatable bonds is 5. The summed E-state index contributed by atoms with van der Waals surface area (Å²) in [6.45, 7) is 0. The quantitative estimate of drug-likeness (QED) is 0.710. The van der Waals surface area contributed by atoms with Gasteiger partial charge in [-0.25, -0.2) is 0 Å². The van der Waals surface area contributed by atoms with E-state index in [1.807, 2.05) is 0 Å². The first-order chi connectivity index (χ1) is 6.38. The van der Waals surface area contributed by atoms with Crippen molar-refractivity contribution >= 4 is 31.9 Å². The molecule has 0 amide bonds. The van der Waals surface area contributed by atoms with Crippen molar-refractivity contribution in [3.63, 3.8) is 0 Å². The van der Waals surface area contributed by atoms with E-state index in [1.54, 1.807) is 0 Å². The van der Waals surface area contributed by atoms with Gasteiger partial charge in [-0.3, -0.25) is 0 Å². The van der Waals surface area contributed by atoms with E-state index in [-0.39, 0.29) is 0 Å². The predicted octanol–water partition coefficient (Wildman–Crippen LogP) is 4.34. The maximum Gasteiger partial charge on any atom is 0.00371 e. The van der Waals surface area contributed by atoms with Crippen LogP contribution in [0.2, 0.25) is 0 Å². The Kier molecular flexibility index (Phi) is 5.72. The van der Waals surface area contributed by atoms with Crippen LogP contribution < -0.4 is 0 Å². The molecule has 0 saturated carbocycles. The van der Waals surface area contributed by atoms with Gasteiger partial charge in [-0.05, 0) is 24.3 Å². The zero-order valence-corrected chi connectivity index (χ0v) is 10.7. The highest BCUT2D eigenvalue weighted by Crippen LogP contribution is 2.24. The first-order valence-corrected chi connectivity index (χ1v) is 6.79. The Hall–Kier alpha value is 0.180. The summed E-state index contributed by atoms with van der Waals surface area (Å²) in [6.07, 6.45) is 2.44. The van der Waals surface area contributed by atoms with Crippen molar-refractivity contribution in [1.29, 1.82) is 0 Å². The maximum absolute atomic E-state index is 3.50. The highest BCUT2D eigenvalue weighted by Gasteiger charge is 2.08. The average molecular weight is 306 g/mol. The van der Waals surface area contributed by atoms with Crippen LogP contribution in [0.4, 0.5) is 0 Å².